The lowest BCUT2D eigenvalue weighted by Gasteiger charge is -2.35. The van der Waals surface area contributed by atoms with E-state index in [1.165, 1.54) is 17.6 Å². The lowest BCUT2D eigenvalue weighted by Crippen LogP contribution is -2.39. The van der Waals surface area contributed by atoms with Crippen molar-refractivity contribution in [2.45, 2.75) is 26.3 Å². The summed E-state index contributed by atoms with van der Waals surface area (Å²) in [6.07, 6.45) is 2.05. The second-order valence-electron chi connectivity index (χ2n) is 8.62. The minimum Gasteiger partial charge on any atom is -0.507 e. The van der Waals surface area contributed by atoms with E-state index in [4.69, 9.17) is 13.9 Å². The molecule has 5 rings (SSSR count). The average Bonchev–Trinajstić information content (AvgIpc) is 3.32. The maximum Gasteiger partial charge on any atom is 0.202 e. The number of morpholine rings is 1. The molecule has 3 heterocycles. The van der Waals surface area contributed by atoms with Gasteiger partial charge in [0, 0.05) is 24.2 Å². The zero-order valence-electron chi connectivity index (χ0n) is 20.0. The molecule has 0 unspecified atom stereocenters. The van der Waals surface area contributed by atoms with E-state index >= 15 is 0 Å². The highest BCUT2D eigenvalue weighted by molar-refractivity contribution is 7.13. The van der Waals surface area contributed by atoms with E-state index in [9.17, 15) is 9.90 Å². The van der Waals surface area contributed by atoms with E-state index in [1.807, 2.05) is 43.5 Å². The first-order valence-corrected chi connectivity index (χ1v) is 12.6. The minimum atomic E-state index is -0.324. The van der Waals surface area contributed by atoms with Crippen LogP contribution in [0.1, 0.15) is 35.3 Å². The molecule has 0 saturated carbocycles. The van der Waals surface area contributed by atoms with E-state index in [2.05, 4.69) is 9.88 Å². The van der Waals surface area contributed by atoms with Gasteiger partial charge in [-0.2, -0.15) is 0 Å². The van der Waals surface area contributed by atoms with E-state index in [0.717, 1.165) is 17.0 Å². The molecule has 0 spiro atoms. The Balaban J connectivity index is 1.77. The lowest BCUT2D eigenvalue weighted by molar-refractivity contribution is 0.0236. The molecular weight excluding hydrogens is 464 g/mol. The summed E-state index contributed by atoms with van der Waals surface area (Å²) in [6.45, 7) is 6.43. The number of phenolic OH excluding ortho intramolecular Hbond substituents is 1. The highest BCUT2D eigenvalue weighted by Gasteiger charge is 2.31. The van der Waals surface area contributed by atoms with Crippen LogP contribution in [0.4, 0.5) is 0 Å². The number of hydrogen-bond donors (Lipinski definition) is 1. The van der Waals surface area contributed by atoms with Crippen LogP contribution < -0.4 is 10.2 Å². The van der Waals surface area contributed by atoms with Crippen molar-refractivity contribution < 1.29 is 19.0 Å². The van der Waals surface area contributed by atoms with Gasteiger partial charge in [-0.25, -0.2) is 4.98 Å². The summed E-state index contributed by atoms with van der Waals surface area (Å²) in [5, 5.41) is 14.5. The SMILES string of the molecule is CCc1cc2c(=O)c(-c3nc(C)cs3)coc2c([C@@H](c2ccc(OC)cc2)N2CCOCC2)c1O. The first kappa shape index (κ1) is 23.5. The molecule has 7 nitrogen and oxygen atoms in total. The Morgan fingerprint density at radius 3 is 2.60 bits per heavy atom. The third kappa shape index (κ3) is 4.33. The highest BCUT2D eigenvalue weighted by atomic mass is 32.1. The summed E-state index contributed by atoms with van der Waals surface area (Å²) in [7, 11) is 1.63. The number of phenols is 1. The van der Waals surface area contributed by atoms with E-state index < -0.39 is 0 Å². The molecular formula is C27H28N2O5S. The van der Waals surface area contributed by atoms with Gasteiger partial charge in [-0.15, -0.1) is 11.3 Å². The fourth-order valence-electron chi connectivity index (χ4n) is 4.68. The quantitative estimate of drug-likeness (QED) is 0.409. The zero-order chi connectivity index (χ0) is 24.5. The molecule has 0 radical (unpaired) electrons. The molecule has 8 heteroatoms. The normalized spacial score (nSPS) is 15.4. The highest BCUT2D eigenvalue weighted by Crippen LogP contribution is 2.42. The average molecular weight is 493 g/mol. The topological polar surface area (TPSA) is 85.0 Å². The number of aromatic hydroxyl groups is 1. The third-order valence-corrected chi connectivity index (χ3v) is 7.49. The van der Waals surface area contributed by atoms with Crippen LogP contribution in [0.3, 0.4) is 0 Å². The van der Waals surface area contributed by atoms with Crippen molar-refractivity contribution in [1.29, 1.82) is 0 Å². The van der Waals surface area contributed by atoms with Crippen LogP contribution >= 0.6 is 11.3 Å². The van der Waals surface area contributed by atoms with Crippen LogP contribution in [0, 0.1) is 6.92 Å². The van der Waals surface area contributed by atoms with Gasteiger partial charge in [0.25, 0.3) is 0 Å². The molecule has 1 aliphatic rings. The Bertz CT molecular complexity index is 1400. The predicted octanol–water partition coefficient (Wildman–Crippen LogP) is 4.92. The van der Waals surface area contributed by atoms with Gasteiger partial charge < -0.3 is 19.0 Å². The molecule has 4 aromatic rings. The second kappa shape index (κ2) is 9.81. The van der Waals surface area contributed by atoms with Crippen molar-refractivity contribution in [2.75, 3.05) is 33.4 Å². The van der Waals surface area contributed by atoms with Crippen molar-refractivity contribution in [3.8, 4) is 22.1 Å². The first-order valence-electron chi connectivity index (χ1n) is 11.7. The number of nitrogens with zero attached hydrogens (tertiary/aromatic N) is 2. The maximum absolute atomic E-state index is 13.7. The van der Waals surface area contributed by atoms with E-state index in [-0.39, 0.29) is 17.2 Å². The number of ether oxygens (including phenoxy) is 2. The number of benzene rings is 2. The molecule has 1 aliphatic heterocycles. The van der Waals surface area contributed by atoms with E-state index in [0.29, 0.717) is 65.4 Å². The molecule has 2 aromatic heterocycles. The number of aryl methyl sites for hydroxylation is 2. The zero-order valence-corrected chi connectivity index (χ0v) is 20.9. The summed E-state index contributed by atoms with van der Waals surface area (Å²) in [5.74, 6) is 0.911. The smallest absolute Gasteiger partial charge is 0.202 e. The molecule has 35 heavy (non-hydrogen) atoms. The summed E-state index contributed by atoms with van der Waals surface area (Å²) in [5.41, 5.74) is 3.82. The molecule has 1 atom stereocenters. The molecule has 0 bridgehead atoms. The minimum absolute atomic E-state index is 0.146. The molecule has 182 valence electrons. The van der Waals surface area contributed by atoms with Gasteiger partial charge >= 0.3 is 0 Å². The van der Waals surface area contributed by atoms with Crippen molar-refractivity contribution >= 4 is 22.3 Å². The van der Waals surface area contributed by atoms with Gasteiger partial charge in [-0.3, -0.25) is 9.69 Å². The molecule has 0 aliphatic carbocycles. The number of fused-ring (bicyclic) bond motifs is 1. The molecule has 1 N–H and O–H groups in total. The van der Waals surface area contributed by atoms with Crippen LogP contribution in [0.2, 0.25) is 0 Å². The maximum atomic E-state index is 13.7. The molecule has 2 aromatic carbocycles. The standard InChI is InChI=1S/C27H28N2O5S/c1-4-17-13-20-25(31)21(27-28-16(2)15-35-27)14-34-26(20)22(24(17)30)23(29-9-11-33-12-10-29)18-5-7-19(32-3)8-6-18/h5-8,13-15,23,30H,4,9-12H2,1-3H3/t23-/m1/s1. The number of hydrogen-bond acceptors (Lipinski definition) is 8. The lowest BCUT2D eigenvalue weighted by atomic mass is 9.91. The van der Waals surface area contributed by atoms with Gasteiger partial charge in [0.1, 0.15) is 28.4 Å². The Morgan fingerprint density at radius 1 is 1.23 bits per heavy atom. The Labute approximate surface area is 207 Å². The van der Waals surface area contributed by atoms with E-state index in [1.54, 1.807) is 13.2 Å². The number of thiazole rings is 1. The number of rotatable bonds is 6. The number of aromatic nitrogens is 1. The fraction of sp³-hybridized carbons (Fsp3) is 0.333. The monoisotopic (exact) mass is 492 g/mol. The number of methoxy groups -OCH3 is 1. The Hall–Kier alpha value is -3.20. The van der Waals surface area contributed by atoms with Gasteiger partial charge in [-0.1, -0.05) is 19.1 Å². The third-order valence-electron chi connectivity index (χ3n) is 6.50. The van der Waals surface area contributed by atoms with Gasteiger partial charge in [-0.05, 0) is 42.7 Å². The first-order chi connectivity index (χ1) is 17.0. The van der Waals surface area contributed by atoms with Gasteiger partial charge in [0.05, 0.1) is 42.9 Å². The molecule has 1 saturated heterocycles. The summed E-state index contributed by atoms with van der Waals surface area (Å²) in [6, 6.07) is 9.24. The van der Waals surface area contributed by atoms with Crippen LogP contribution in [0.25, 0.3) is 21.5 Å². The van der Waals surface area contributed by atoms with Crippen molar-refractivity contribution in [3.63, 3.8) is 0 Å². The van der Waals surface area contributed by atoms with Crippen LogP contribution in [-0.2, 0) is 11.2 Å². The molecule has 1 fully saturated rings. The molecule has 0 amide bonds. The van der Waals surface area contributed by atoms with Crippen LogP contribution in [-0.4, -0.2) is 48.4 Å². The summed E-state index contributed by atoms with van der Waals surface area (Å²) < 4.78 is 17.1. The summed E-state index contributed by atoms with van der Waals surface area (Å²) in [4.78, 5) is 20.4. The van der Waals surface area contributed by atoms with Crippen LogP contribution in [0.15, 0.2) is 51.2 Å². The largest absolute Gasteiger partial charge is 0.507 e. The fourth-order valence-corrected chi connectivity index (χ4v) is 5.48. The summed E-state index contributed by atoms with van der Waals surface area (Å²) >= 11 is 1.42. The Kier molecular flexibility index (Phi) is 6.60. The van der Waals surface area contributed by atoms with Gasteiger partial charge in [0.2, 0.25) is 5.43 Å². The van der Waals surface area contributed by atoms with Crippen LogP contribution in [0.5, 0.6) is 11.5 Å². The second-order valence-corrected chi connectivity index (χ2v) is 9.48. The van der Waals surface area contributed by atoms with Gasteiger partial charge in [0.15, 0.2) is 0 Å². The van der Waals surface area contributed by atoms with Crippen molar-refractivity contribution in [3.05, 3.63) is 74.6 Å². The van der Waals surface area contributed by atoms with Crippen molar-refractivity contribution in [1.82, 2.24) is 9.88 Å². The predicted molar refractivity (Wildman–Crippen MR) is 137 cm³/mol. The Morgan fingerprint density at radius 2 is 1.97 bits per heavy atom. The van der Waals surface area contributed by atoms with Crippen molar-refractivity contribution in [2.24, 2.45) is 0 Å².